The van der Waals surface area contributed by atoms with Gasteiger partial charge in [0.15, 0.2) is 0 Å². The summed E-state index contributed by atoms with van der Waals surface area (Å²) in [4.78, 5) is 29.3. The molecule has 2 aromatic rings. The number of carbonyl (C=O) groups excluding carboxylic acids is 1. The Labute approximate surface area is 136 Å². The van der Waals surface area contributed by atoms with Gasteiger partial charge in [-0.05, 0) is 24.6 Å². The second-order valence-corrected chi connectivity index (χ2v) is 4.96. The largest absolute Gasteiger partial charge is 0.465 e. The Morgan fingerprint density at radius 1 is 1.35 bits per heavy atom. The number of methoxy groups -OCH3 is 1. The van der Waals surface area contributed by atoms with Gasteiger partial charge in [0.2, 0.25) is 11.0 Å². The van der Waals surface area contributed by atoms with E-state index in [9.17, 15) is 14.9 Å². The van der Waals surface area contributed by atoms with Gasteiger partial charge in [0.05, 0.1) is 23.6 Å². The highest BCUT2D eigenvalue weighted by Crippen LogP contribution is 2.30. The molecule has 120 valence electrons. The smallest absolute Gasteiger partial charge is 0.348 e. The van der Waals surface area contributed by atoms with E-state index in [-0.39, 0.29) is 22.7 Å². The van der Waals surface area contributed by atoms with Gasteiger partial charge in [-0.3, -0.25) is 10.1 Å². The van der Waals surface area contributed by atoms with Gasteiger partial charge >= 0.3 is 11.7 Å². The maximum absolute atomic E-state index is 11.4. The van der Waals surface area contributed by atoms with Crippen LogP contribution in [0.15, 0.2) is 30.6 Å². The van der Waals surface area contributed by atoms with Crippen molar-refractivity contribution in [1.82, 2.24) is 9.97 Å². The summed E-state index contributed by atoms with van der Waals surface area (Å²) in [5, 5.41) is 13.7. The van der Waals surface area contributed by atoms with Crippen molar-refractivity contribution in [2.24, 2.45) is 0 Å². The van der Waals surface area contributed by atoms with Crippen molar-refractivity contribution in [3.63, 3.8) is 0 Å². The molecule has 1 aromatic carbocycles. The first-order valence-corrected chi connectivity index (χ1v) is 6.91. The van der Waals surface area contributed by atoms with Gasteiger partial charge in [-0.15, -0.1) is 0 Å². The molecule has 0 fully saturated rings. The fourth-order valence-corrected chi connectivity index (χ4v) is 2.14. The Morgan fingerprint density at radius 2 is 2.00 bits per heavy atom. The van der Waals surface area contributed by atoms with Crippen LogP contribution in [0.3, 0.4) is 0 Å². The predicted molar refractivity (Wildman–Crippen MR) is 83.5 cm³/mol. The molecule has 1 unspecified atom stereocenters. The van der Waals surface area contributed by atoms with Crippen LogP contribution in [-0.2, 0) is 4.74 Å². The lowest BCUT2D eigenvalue weighted by atomic mass is 10.1. The molecule has 0 saturated carbocycles. The fourth-order valence-electron chi connectivity index (χ4n) is 1.94. The van der Waals surface area contributed by atoms with E-state index in [4.69, 9.17) is 11.6 Å². The van der Waals surface area contributed by atoms with E-state index >= 15 is 0 Å². The highest BCUT2D eigenvalue weighted by molar-refractivity contribution is 6.31. The maximum Gasteiger partial charge on any atom is 0.348 e. The van der Waals surface area contributed by atoms with Crippen LogP contribution in [0.4, 0.5) is 11.5 Å². The Morgan fingerprint density at radius 3 is 2.57 bits per heavy atom. The highest BCUT2D eigenvalue weighted by Gasteiger charge is 2.23. The molecule has 2 rings (SSSR count). The Hall–Kier alpha value is -2.74. The molecule has 1 heterocycles. The molecule has 0 aliphatic heterocycles. The van der Waals surface area contributed by atoms with Crippen molar-refractivity contribution in [2.45, 2.75) is 13.0 Å². The van der Waals surface area contributed by atoms with E-state index in [0.29, 0.717) is 5.56 Å². The number of nitrogens with one attached hydrogen (secondary N) is 1. The number of hydrogen-bond acceptors (Lipinski definition) is 7. The molecule has 0 amide bonds. The Balaban J connectivity index is 2.23. The first kappa shape index (κ1) is 16.6. The Kier molecular flexibility index (Phi) is 5.07. The van der Waals surface area contributed by atoms with Crippen LogP contribution >= 0.6 is 11.6 Å². The van der Waals surface area contributed by atoms with Crippen LogP contribution in [0.5, 0.6) is 0 Å². The number of esters is 1. The van der Waals surface area contributed by atoms with Crippen LogP contribution in [0.2, 0.25) is 5.15 Å². The van der Waals surface area contributed by atoms with Crippen LogP contribution in [0.25, 0.3) is 0 Å². The van der Waals surface area contributed by atoms with E-state index in [1.165, 1.54) is 7.11 Å². The number of nitro groups is 1. The monoisotopic (exact) mass is 336 g/mol. The molecule has 8 nitrogen and oxygen atoms in total. The van der Waals surface area contributed by atoms with Gasteiger partial charge in [0.1, 0.15) is 6.33 Å². The number of hydrogen-bond donors (Lipinski definition) is 1. The second kappa shape index (κ2) is 7.01. The average Bonchev–Trinajstić information content (AvgIpc) is 2.54. The summed E-state index contributed by atoms with van der Waals surface area (Å²) >= 11 is 5.74. The topological polar surface area (TPSA) is 107 Å². The van der Waals surface area contributed by atoms with Crippen molar-refractivity contribution in [3.8, 4) is 0 Å². The number of aromatic nitrogens is 2. The Bertz CT molecular complexity index is 736. The van der Waals surface area contributed by atoms with Gasteiger partial charge in [0.25, 0.3) is 0 Å². The molecular formula is C14H13ClN4O4. The minimum Gasteiger partial charge on any atom is -0.465 e. The molecule has 0 bridgehead atoms. The van der Waals surface area contributed by atoms with Crippen molar-refractivity contribution in [3.05, 3.63) is 57.0 Å². The molecule has 1 N–H and O–H groups in total. The minimum atomic E-state index is -0.641. The number of benzene rings is 1. The van der Waals surface area contributed by atoms with Crippen molar-refractivity contribution in [2.75, 3.05) is 12.4 Å². The number of carbonyl (C=O) groups is 1. The SMILES string of the molecule is COC(=O)c1ccc(C(C)Nc2ncnc(Cl)c2[N+](=O)[O-])cc1. The molecular weight excluding hydrogens is 324 g/mol. The molecule has 0 aliphatic rings. The second-order valence-electron chi connectivity index (χ2n) is 4.60. The molecule has 0 radical (unpaired) electrons. The van der Waals surface area contributed by atoms with E-state index in [1.807, 2.05) is 0 Å². The number of rotatable bonds is 5. The summed E-state index contributed by atoms with van der Waals surface area (Å²) in [5.74, 6) is -0.407. The summed E-state index contributed by atoms with van der Waals surface area (Å²) in [5.41, 5.74) is 0.841. The summed E-state index contributed by atoms with van der Waals surface area (Å²) in [6.07, 6.45) is 1.14. The van der Waals surface area contributed by atoms with Crippen molar-refractivity contribution in [1.29, 1.82) is 0 Å². The zero-order valence-electron chi connectivity index (χ0n) is 12.3. The summed E-state index contributed by atoms with van der Waals surface area (Å²) in [7, 11) is 1.30. The lowest BCUT2D eigenvalue weighted by molar-refractivity contribution is -0.384. The van der Waals surface area contributed by atoms with Gasteiger partial charge in [-0.1, -0.05) is 23.7 Å². The molecule has 23 heavy (non-hydrogen) atoms. The average molecular weight is 337 g/mol. The zero-order valence-corrected chi connectivity index (χ0v) is 13.1. The molecule has 1 atom stereocenters. The molecule has 0 spiro atoms. The standard InChI is InChI=1S/C14H13ClN4O4/c1-8(9-3-5-10(6-4-9)14(20)23-2)18-13-11(19(21)22)12(15)16-7-17-13/h3-8H,1-2H3,(H,16,17,18). The fraction of sp³-hybridized carbons (Fsp3) is 0.214. The van der Waals surface area contributed by atoms with Crippen molar-refractivity contribution >= 4 is 29.1 Å². The molecule has 0 saturated heterocycles. The zero-order chi connectivity index (χ0) is 17.0. The number of halogens is 1. The van der Waals surface area contributed by atoms with E-state index in [2.05, 4.69) is 20.0 Å². The van der Waals surface area contributed by atoms with Gasteiger partial charge < -0.3 is 10.1 Å². The summed E-state index contributed by atoms with van der Waals surface area (Å²) in [6.45, 7) is 1.80. The maximum atomic E-state index is 11.4. The molecule has 1 aromatic heterocycles. The lowest BCUT2D eigenvalue weighted by Crippen LogP contribution is -2.11. The van der Waals surface area contributed by atoms with Gasteiger partial charge in [-0.25, -0.2) is 14.8 Å². The first-order valence-electron chi connectivity index (χ1n) is 6.53. The molecule has 0 aliphatic carbocycles. The highest BCUT2D eigenvalue weighted by atomic mass is 35.5. The van der Waals surface area contributed by atoms with E-state index in [1.54, 1.807) is 31.2 Å². The number of nitrogens with zero attached hydrogens (tertiary/aromatic N) is 3. The number of ether oxygens (including phenoxy) is 1. The minimum absolute atomic E-state index is 0.0274. The normalized spacial score (nSPS) is 11.6. The van der Waals surface area contributed by atoms with Gasteiger partial charge in [0, 0.05) is 0 Å². The van der Waals surface area contributed by atoms with E-state index < -0.39 is 10.9 Å². The third kappa shape index (κ3) is 3.72. The summed E-state index contributed by atoms with van der Waals surface area (Å²) in [6, 6.07) is 6.37. The lowest BCUT2D eigenvalue weighted by Gasteiger charge is -2.15. The van der Waals surface area contributed by atoms with Crippen LogP contribution in [0.1, 0.15) is 28.9 Å². The van der Waals surface area contributed by atoms with Gasteiger partial charge in [-0.2, -0.15) is 0 Å². The van der Waals surface area contributed by atoms with Crippen LogP contribution < -0.4 is 5.32 Å². The quantitative estimate of drug-likeness (QED) is 0.387. The molecule has 9 heteroatoms. The summed E-state index contributed by atoms with van der Waals surface area (Å²) < 4.78 is 4.63. The van der Waals surface area contributed by atoms with Crippen LogP contribution in [-0.4, -0.2) is 28.0 Å². The van der Waals surface area contributed by atoms with E-state index in [0.717, 1.165) is 11.9 Å². The third-order valence-electron chi connectivity index (χ3n) is 3.15. The van der Waals surface area contributed by atoms with Crippen molar-refractivity contribution < 1.29 is 14.5 Å². The first-order chi connectivity index (χ1) is 10.9. The predicted octanol–water partition coefficient (Wildman–Crippen LogP) is 3.00. The van der Waals surface area contributed by atoms with Crippen LogP contribution in [0, 0.1) is 10.1 Å². The third-order valence-corrected chi connectivity index (χ3v) is 3.42. The number of anilines is 1.